The van der Waals surface area contributed by atoms with Crippen molar-refractivity contribution in [2.75, 3.05) is 20.2 Å². The van der Waals surface area contributed by atoms with E-state index >= 15 is 0 Å². The van der Waals surface area contributed by atoms with Crippen LogP contribution in [0.25, 0.3) is 0 Å². The average molecular weight is 449 g/mol. The number of hydrogen-bond donors (Lipinski definition) is 1. The van der Waals surface area contributed by atoms with Crippen LogP contribution in [0.3, 0.4) is 0 Å². The van der Waals surface area contributed by atoms with Crippen molar-refractivity contribution in [3.63, 3.8) is 0 Å². The Balaban J connectivity index is 1.43. The zero-order chi connectivity index (χ0) is 23.0. The first-order chi connectivity index (χ1) is 16.1. The first-order valence-corrected chi connectivity index (χ1v) is 11.2. The van der Waals surface area contributed by atoms with E-state index in [2.05, 4.69) is 10.1 Å². The Labute approximate surface area is 194 Å². The maximum Gasteiger partial charge on any atom is 0.145 e. The summed E-state index contributed by atoms with van der Waals surface area (Å²) in [5, 5.41) is 15.0. The minimum absolute atomic E-state index is 0.214. The van der Waals surface area contributed by atoms with Gasteiger partial charge >= 0.3 is 0 Å². The van der Waals surface area contributed by atoms with E-state index in [9.17, 15) is 9.50 Å². The molecule has 0 aromatic heterocycles. The van der Waals surface area contributed by atoms with Crippen molar-refractivity contribution in [1.29, 1.82) is 0 Å². The Kier molecular flexibility index (Phi) is 7.70. The van der Waals surface area contributed by atoms with E-state index in [-0.39, 0.29) is 11.9 Å². The Morgan fingerprint density at radius 3 is 2.61 bits per heavy atom. The maximum atomic E-state index is 14.2. The second-order valence-corrected chi connectivity index (χ2v) is 8.34. The van der Waals surface area contributed by atoms with Crippen molar-refractivity contribution in [3.05, 3.63) is 101 Å². The molecule has 5 nitrogen and oxygen atoms in total. The van der Waals surface area contributed by atoms with Crippen molar-refractivity contribution in [2.45, 2.75) is 31.6 Å². The van der Waals surface area contributed by atoms with Crippen LogP contribution in [-0.2, 0) is 17.8 Å². The molecule has 6 heteroatoms. The van der Waals surface area contributed by atoms with Gasteiger partial charge in [0.05, 0.1) is 18.9 Å². The fraction of sp³-hybridized carbons (Fsp3) is 0.296. The molecular formula is C27H29FN2O3. The van der Waals surface area contributed by atoms with Gasteiger partial charge in [0.25, 0.3) is 0 Å². The summed E-state index contributed by atoms with van der Waals surface area (Å²) >= 11 is 0. The third-order valence-corrected chi connectivity index (χ3v) is 5.70. The highest BCUT2D eigenvalue weighted by molar-refractivity contribution is 6.01. The van der Waals surface area contributed by atoms with Crippen molar-refractivity contribution < 1.29 is 19.1 Å². The normalized spacial score (nSPS) is 16.4. The largest absolute Gasteiger partial charge is 0.497 e. The number of oxime groups is 1. The quantitative estimate of drug-likeness (QED) is 0.499. The highest BCUT2D eigenvalue weighted by Gasteiger charge is 2.27. The molecule has 1 aliphatic heterocycles. The summed E-state index contributed by atoms with van der Waals surface area (Å²) < 4.78 is 19.5. The zero-order valence-electron chi connectivity index (χ0n) is 18.7. The van der Waals surface area contributed by atoms with Gasteiger partial charge in [-0.05, 0) is 35.7 Å². The van der Waals surface area contributed by atoms with E-state index in [0.29, 0.717) is 43.8 Å². The molecule has 0 fully saturated rings. The monoisotopic (exact) mass is 448 g/mol. The summed E-state index contributed by atoms with van der Waals surface area (Å²) in [4.78, 5) is 7.82. The van der Waals surface area contributed by atoms with Crippen LogP contribution in [0.2, 0.25) is 0 Å². The van der Waals surface area contributed by atoms with Crippen LogP contribution in [0.1, 0.15) is 23.1 Å². The number of rotatable bonds is 10. The molecule has 172 valence electrons. The molecule has 0 spiro atoms. The lowest BCUT2D eigenvalue weighted by Crippen LogP contribution is -2.38. The fourth-order valence-corrected chi connectivity index (χ4v) is 4.15. The van der Waals surface area contributed by atoms with Gasteiger partial charge in [-0.25, -0.2) is 4.39 Å². The molecule has 33 heavy (non-hydrogen) atoms. The minimum Gasteiger partial charge on any atom is -0.497 e. The van der Waals surface area contributed by atoms with Crippen LogP contribution >= 0.6 is 0 Å². The van der Waals surface area contributed by atoms with Gasteiger partial charge in [0, 0.05) is 31.6 Å². The predicted octanol–water partition coefficient (Wildman–Crippen LogP) is 4.43. The topological polar surface area (TPSA) is 54.3 Å². The number of hydrogen-bond acceptors (Lipinski definition) is 5. The molecule has 3 aromatic carbocycles. The van der Waals surface area contributed by atoms with E-state index in [4.69, 9.17) is 9.57 Å². The van der Waals surface area contributed by atoms with Gasteiger partial charge in [-0.15, -0.1) is 0 Å². The molecule has 1 aliphatic rings. The van der Waals surface area contributed by atoms with Gasteiger partial charge in [-0.2, -0.15) is 0 Å². The molecule has 0 amide bonds. The predicted molar refractivity (Wildman–Crippen MR) is 127 cm³/mol. The fourth-order valence-electron chi connectivity index (χ4n) is 4.15. The molecule has 4 rings (SSSR count). The number of ether oxygens (including phenoxy) is 1. The van der Waals surface area contributed by atoms with Crippen LogP contribution in [0, 0.1) is 5.82 Å². The highest BCUT2D eigenvalue weighted by Crippen LogP contribution is 2.21. The molecule has 2 atom stereocenters. The van der Waals surface area contributed by atoms with Crippen LogP contribution in [0.4, 0.5) is 4.39 Å². The molecule has 1 N–H and O–H groups in total. The number of nitrogens with zero attached hydrogens (tertiary/aromatic N) is 2. The molecule has 0 bridgehead atoms. The minimum atomic E-state index is -0.536. The van der Waals surface area contributed by atoms with E-state index in [1.807, 2.05) is 54.6 Å². The summed E-state index contributed by atoms with van der Waals surface area (Å²) in [6.45, 7) is 1.66. The number of methoxy groups -OCH3 is 1. The SMILES string of the molecule is COc1cccc(CN(CC(O)Cc2ccccc2)CC2CC(c3ccccc3F)=NO2)c1. The first-order valence-electron chi connectivity index (χ1n) is 11.2. The third kappa shape index (κ3) is 6.40. The number of aliphatic hydroxyl groups excluding tert-OH is 1. The van der Waals surface area contributed by atoms with E-state index < -0.39 is 6.10 Å². The van der Waals surface area contributed by atoms with E-state index in [1.165, 1.54) is 6.07 Å². The Morgan fingerprint density at radius 2 is 1.82 bits per heavy atom. The summed E-state index contributed by atoms with van der Waals surface area (Å²) in [6.07, 6.45) is 0.336. The zero-order valence-corrected chi connectivity index (χ0v) is 18.7. The summed E-state index contributed by atoms with van der Waals surface area (Å²) in [5.74, 6) is 0.492. The summed E-state index contributed by atoms with van der Waals surface area (Å²) in [7, 11) is 1.65. The van der Waals surface area contributed by atoms with Crippen LogP contribution in [0.15, 0.2) is 84.0 Å². The van der Waals surface area contributed by atoms with Crippen LogP contribution in [0.5, 0.6) is 5.75 Å². The lowest BCUT2D eigenvalue weighted by molar-refractivity contribution is 0.0322. The van der Waals surface area contributed by atoms with Crippen LogP contribution in [-0.4, -0.2) is 48.1 Å². The second kappa shape index (κ2) is 11.1. The molecule has 3 aromatic rings. The molecule has 0 aliphatic carbocycles. The molecular weight excluding hydrogens is 419 g/mol. The molecule has 2 unspecified atom stereocenters. The molecule has 0 saturated heterocycles. The number of aliphatic hydroxyl groups is 1. The smallest absolute Gasteiger partial charge is 0.145 e. The Hall–Kier alpha value is -3.22. The van der Waals surface area contributed by atoms with Gasteiger partial charge in [-0.1, -0.05) is 65.8 Å². The third-order valence-electron chi connectivity index (χ3n) is 5.70. The van der Waals surface area contributed by atoms with Gasteiger partial charge in [0.1, 0.15) is 17.7 Å². The van der Waals surface area contributed by atoms with Crippen molar-refractivity contribution in [1.82, 2.24) is 4.90 Å². The number of benzene rings is 3. The van der Waals surface area contributed by atoms with Gasteiger partial charge in [-0.3, -0.25) is 4.90 Å². The standard InChI is InChI=1S/C27H29FN2O3/c1-32-23-11-7-10-21(15-23)17-30(18-22(31)14-20-8-3-2-4-9-20)19-24-16-27(29-33-24)25-12-5-6-13-26(25)28/h2-13,15,22,24,31H,14,16-19H2,1H3. The second-order valence-electron chi connectivity index (χ2n) is 8.34. The average Bonchev–Trinajstić information content (AvgIpc) is 3.28. The Morgan fingerprint density at radius 1 is 1.06 bits per heavy atom. The van der Waals surface area contributed by atoms with Gasteiger partial charge in [0.2, 0.25) is 0 Å². The van der Waals surface area contributed by atoms with E-state index in [1.54, 1.807) is 25.3 Å². The van der Waals surface area contributed by atoms with Gasteiger partial charge < -0.3 is 14.7 Å². The summed E-state index contributed by atoms with van der Waals surface area (Å²) in [6, 6.07) is 24.5. The van der Waals surface area contributed by atoms with Crippen LogP contribution < -0.4 is 4.74 Å². The molecule has 0 saturated carbocycles. The molecule has 1 heterocycles. The highest BCUT2D eigenvalue weighted by atomic mass is 19.1. The van der Waals surface area contributed by atoms with Crippen molar-refractivity contribution >= 4 is 5.71 Å². The molecule has 0 radical (unpaired) electrons. The van der Waals surface area contributed by atoms with Crippen molar-refractivity contribution in [2.24, 2.45) is 5.16 Å². The lowest BCUT2D eigenvalue weighted by Gasteiger charge is -2.27. The lowest BCUT2D eigenvalue weighted by atomic mass is 10.0. The van der Waals surface area contributed by atoms with E-state index in [0.717, 1.165) is 16.9 Å². The Bertz CT molecular complexity index is 1070. The number of halogens is 1. The van der Waals surface area contributed by atoms with Crippen molar-refractivity contribution in [3.8, 4) is 5.75 Å². The van der Waals surface area contributed by atoms with Gasteiger partial charge in [0.15, 0.2) is 0 Å². The maximum absolute atomic E-state index is 14.2. The first kappa shape index (κ1) is 23.0. The summed E-state index contributed by atoms with van der Waals surface area (Å²) in [5.41, 5.74) is 3.26.